The molecule has 0 amide bonds. The molecule has 0 nitrogen and oxygen atoms in total. The van der Waals surface area contributed by atoms with Crippen LogP contribution in [0.4, 0.5) is 0 Å². The summed E-state index contributed by atoms with van der Waals surface area (Å²) >= 11 is 8.31. The Balaban J connectivity index is 1.72. The van der Waals surface area contributed by atoms with Crippen LogP contribution in [0.1, 0.15) is 21.9 Å². The Hall–Kier alpha value is -0.790. The molecule has 16 heavy (non-hydrogen) atoms. The molecule has 0 N–H and O–H groups in total. The zero-order chi connectivity index (χ0) is 11.0. The van der Waals surface area contributed by atoms with Gasteiger partial charge in [0.05, 0.1) is 0 Å². The second-order valence-corrected chi connectivity index (χ2v) is 5.90. The zero-order valence-electron chi connectivity index (χ0n) is 8.90. The third-order valence-corrected chi connectivity index (χ3v) is 4.66. The fourth-order valence-corrected chi connectivity index (χ4v) is 3.63. The molecule has 0 bridgehead atoms. The summed E-state index contributed by atoms with van der Waals surface area (Å²) in [6.07, 6.45) is 2.15. The number of thiophene rings is 1. The van der Waals surface area contributed by atoms with Crippen molar-refractivity contribution in [3.63, 3.8) is 0 Å². The van der Waals surface area contributed by atoms with Gasteiger partial charge in [0.2, 0.25) is 0 Å². The van der Waals surface area contributed by atoms with Crippen LogP contribution < -0.4 is 0 Å². The van der Waals surface area contributed by atoms with Gasteiger partial charge in [0, 0.05) is 16.2 Å². The second-order valence-electron chi connectivity index (χ2n) is 4.31. The van der Waals surface area contributed by atoms with Crippen molar-refractivity contribution >= 4 is 22.9 Å². The molecule has 1 aromatic heterocycles. The Bertz CT molecular complexity index is 475. The highest BCUT2D eigenvalue weighted by atomic mass is 35.5. The molecule has 2 unspecified atom stereocenters. The Morgan fingerprint density at radius 3 is 2.88 bits per heavy atom. The average Bonchev–Trinajstić information content (AvgIpc) is 2.72. The molecular weight excluding hydrogens is 236 g/mol. The first-order valence-corrected chi connectivity index (χ1v) is 6.90. The van der Waals surface area contributed by atoms with Crippen LogP contribution in [-0.2, 0) is 12.8 Å². The van der Waals surface area contributed by atoms with Crippen molar-refractivity contribution < 1.29 is 0 Å². The summed E-state index contributed by atoms with van der Waals surface area (Å²) in [4.78, 5) is 1.39. The molecule has 1 heterocycles. The van der Waals surface area contributed by atoms with Crippen molar-refractivity contribution in [3.05, 3.63) is 57.8 Å². The zero-order valence-corrected chi connectivity index (χ0v) is 10.5. The van der Waals surface area contributed by atoms with E-state index in [0.29, 0.717) is 5.92 Å². The van der Waals surface area contributed by atoms with Crippen LogP contribution >= 0.6 is 22.9 Å². The van der Waals surface area contributed by atoms with Crippen LogP contribution in [0.2, 0.25) is 0 Å². The van der Waals surface area contributed by atoms with Crippen molar-refractivity contribution in [2.45, 2.75) is 24.1 Å². The van der Waals surface area contributed by atoms with E-state index < -0.39 is 0 Å². The third-order valence-electron chi connectivity index (χ3n) is 3.31. The number of alkyl halides is 1. The SMILES string of the molecule is ClC(Cc1cccs1)C1Cc2ccccc21. The fourth-order valence-electron chi connectivity index (χ4n) is 2.38. The van der Waals surface area contributed by atoms with Crippen molar-refractivity contribution in [2.24, 2.45) is 0 Å². The van der Waals surface area contributed by atoms with E-state index in [1.165, 1.54) is 16.0 Å². The first kappa shape index (κ1) is 10.4. The van der Waals surface area contributed by atoms with Crippen molar-refractivity contribution in [1.82, 2.24) is 0 Å². The van der Waals surface area contributed by atoms with Gasteiger partial charge >= 0.3 is 0 Å². The molecule has 0 saturated heterocycles. The Morgan fingerprint density at radius 2 is 2.12 bits per heavy atom. The van der Waals surface area contributed by atoms with Gasteiger partial charge in [-0.3, -0.25) is 0 Å². The van der Waals surface area contributed by atoms with Gasteiger partial charge in [-0.15, -0.1) is 22.9 Å². The summed E-state index contributed by atoms with van der Waals surface area (Å²) in [5, 5.41) is 2.36. The summed E-state index contributed by atoms with van der Waals surface area (Å²) < 4.78 is 0. The van der Waals surface area contributed by atoms with Crippen LogP contribution in [0.5, 0.6) is 0 Å². The number of hydrogen-bond acceptors (Lipinski definition) is 1. The fraction of sp³-hybridized carbons (Fsp3) is 0.286. The predicted octanol–water partition coefficient (Wildman–Crippen LogP) is 4.24. The second kappa shape index (κ2) is 4.23. The maximum absolute atomic E-state index is 6.51. The van der Waals surface area contributed by atoms with E-state index in [0.717, 1.165) is 12.8 Å². The highest BCUT2D eigenvalue weighted by Crippen LogP contribution is 2.40. The molecule has 82 valence electrons. The quantitative estimate of drug-likeness (QED) is 0.713. The summed E-state index contributed by atoms with van der Waals surface area (Å²) in [7, 11) is 0. The summed E-state index contributed by atoms with van der Waals surface area (Å²) in [5.41, 5.74) is 2.93. The Morgan fingerprint density at radius 1 is 1.25 bits per heavy atom. The smallest absolute Gasteiger partial charge is 0.0456 e. The Labute approximate surface area is 105 Å². The molecule has 0 radical (unpaired) electrons. The monoisotopic (exact) mass is 248 g/mol. The predicted molar refractivity (Wildman–Crippen MR) is 70.6 cm³/mol. The lowest BCUT2D eigenvalue weighted by Crippen LogP contribution is -2.26. The topological polar surface area (TPSA) is 0 Å². The molecular formula is C14H13ClS. The van der Waals surface area contributed by atoms with E-state index in [4.69, 9.17) is 11.6 Å². The Kier molecular flexibility index (Phi) is 2.74. The first-order valence-electron chi connectivity index (χ1n) is 5.59. The van der Waals surface area contributed by atoms with Crippen LogP contribution in [0.15, 0.2) is 41.8 Å². The molecule has 2 aromatic rings. The van der Waals surface area contributed by atoms with Crippen LogP contribution in [0, 0.1) is 0 Å². The van der Waals surface area contributed by atoms with Gasteiger partial charge in [0.1, 0.15) is 0 Å². The average molecular weight is 249 g/mol. The minimum absolute atomic E-state index is 0.244. The minimum atomic E-state index is 0.244. The maximum Gasteiger partial charge on any atom is 0.0456 e. The molecule has 0 saturated carbocycles. The van der Waals surface area contributed by atoms with Crippen molar-refractivity contribution in [1.29, 1.82) is 0 Å². The lowest BCUT2D eigenvalue weighted by molar-refractivity contribution is 0.570. The van der Waals surface area contributed by atoms with Crippen LogP contribution in [-0.4, -0.2) is 5.38 Å². The number of hydrogen-bond donors (Lipinski definition) is 0. The number of fused-ring (bicyclic) bond motifs is 1. The molecule has 2 heteroatoms. The minimum Gasteiger partial charge on any atom is -0.149 e. The lowest BCUT2D eigenvalue weighted by atomic mass is 9.75. The van der Waals surface area contributed by atoms with E-state index in [-0.39, 0.29) is 5.38 Å². The van der Waals surface area contributed by atoms with Crippen molar-refractivity contribution in [2.75, 3.05) is 0 Å². The van der Waals surface area contributed by atoms with Gasteiger partial charge in [-0.2, -0.15) is 0 Å². The number of benzene rings is 1. The molecule has 0 spiro atoms. The lowest BCUT2D eigenvalue weighted by Gasteiger charge is -2.33. The summed E-state index contributed by atoms with van der Waals surface area (Å²) in [6, 6.07) is 12.9. The van der Waals surface area contributed by atoms with Crippen molar-refractivity contribution in [3.8, 4) is 0 Å². The summed E-state index contributed by atoms with van der Waals surface area (Å²) in [6.45, 7) is 0. The van der Waals surface area contributed by atoms with E-state index in [9.17, 15) is 0 Å². The van der Waals surface area contributed by atoms with E-state index >= 15 is 0 Å². The third kappa shape index (κ3) is 1.79. The molecule has 3 rings (SSSR count). The largest absolute Gasteiger partial charge is 0.149 e. The first-order chi connectivity index (χ1) is 7.84. The van der Waals surface area contributed by atoms with Gasteiger partial charge in [-0.05, 0) is 35.4 Å². The number of halogens is 1. The molecule has 1 aromatic carbocycles. The van der Waals surface area contributed by atoms with Crippen LogP contribution in [0.25, 0.3) is 0 Å². The molecule has 0 aliphatic heterocycles. The highest BCUT2D eigenvalue weighted by molar-refractivity contribution is 7.09. The van der Waals surface area contributed by atoms with E-state index in [2.05, 4.69) is 41.8 Å². The van der Waals surface area contributed by atoms with E-state index in [1.807, 2.05) is 0 Å². The van der Waals surface area contributed by atoms with Gasteiger partial charge in [-0.25, -0.2) is 0 Å². The normalized spacial score (nSPS) is 19.9. The van der Waals surface area contributed by atoms with Crippen LogP contribution in [0.3, 0.4) is 0 Å². The highest BCUT2D eigenvalue weighted by Gasteiger charge is 2.31. The number of rotatable bonds is 3. The standard InChI is InChI=1S/C14H13ClS/c15-14(9-11-5-3-7-16-11)13-8-10-4-1-2-6-12(10)13/h1-7,13-14H,8-9H2. The van der Waals surface area contributed by atoms with E-state index in [1.54, 1.807) is 11.3 Å². The van der Waals surface area contributed by atoms with Gasteiger partial charge in [0.15, 0.2) is 0 Å². The van der Waals surface area contributed by atoms with Gasteiger partial charge in [-0.1, -0.05) is 30.3 Å². The molecule has 2 atom stereocenters. The van der Waals surface area contributed by atoms with Gasteiger partial charge in [0.25, 0.3) is 0 Å². The molecule has 0 fully saturated rings. The maximum atomic E-state index is 6.51. The molecule has 1 aliphatic rings. The van der Waals surface area contributed by atoms with Gasteiger partial charge < -0.3 is 0 Å². The molecule has 1 aliphatic carbocycles. The summed E-state index contributed by atoms with van der Waals surface area (Å²) in [5.74, 6) is 0.556.